The summed E-state index contributed by atoms with van der Waals surface area (Å²) in [4.78, 5) is 135. The number of rotatable bonds is 24. The molecule has 348 valence electrons. The summed E-state index contributed by atoms with van der Waals surface area (Å²) in [5, 5.41) is 50.4. The first-order chi connectivity index (χ1) is 29.0. The Hall–Kier alpha value is -5.76. The number of carboxylic acids is 3. The van der Waals surface area contributed by atoms with Gasteiger partial charge in [0.1, 0.15) is 42.3 Å². The van der Waals surface area contributed by atoms with Crippen molar-refractivity contribution in [2.75, 3.05) is 25.4 Å². The Kier molecular flexibility index (Phi) is 20.8. The molecule has 0 aromatic heterocycles. The van der Waals surface area contributed by atoms with E-state index in [1.165, 1.54) is 11.8 Å². The molecular formula is C36H59N11O14S. The summed E-state index contributed by atoms with van der Waals surface area (Å²) in [6.07, 6.45) is -2.48. The van der Waals surface area contributed by atoms with Crippen LogP contribution in [0.25, 0.3) is 0 Å². The van der Waals surface area contributed by atoms with E-state index in [1.807, 2.05) is 0 Å². The number of aliphatic hydroxyl groups excluding tert-OH is 1. The molecule has 2 heterocycles. The van der Waals surface area contributed by atoms with Crippen molar-refractivity contribution < 1.29 is 68.4 Å². The van der Waals surface area contributed by atoms with Gasteiger partial charge in [0.2, 0.25) is 41.4 Å². The Bertz CT molecular complexity index is 1710. The lowest BCUT2D eigenvalue weighted by Gasteiger charge is -2.33. The molecule has 0 radical (unpaired) electrons. The molecule has 2 saturated heterocycles. The minimum Gasteiger partial charge on any atom is -0.481 e. The number of thiol groups is 1. The van der Waals surface area contributed by atoms with E-state index >= 15 is 0 Å². The Morgan fingerprint density at radius 1 is 0.694 bits per heavy atom. The molecule has 0 aliphatic carbocycles. The van der Waals surface area contributed by atoms with Gasteiger partial charge in [0.25, 0.3) is 0 Å². The van der Waals surface area contributed by atoms with Crippen LogP contribution in [0.5, 0.6) is 0 Å². The number of nitrogens with zero attached hydrogens (tertiary/aromatic N) is 3. The van der Waals surface area contributed by atoms with Crippen molar-refractivity contribution in [3.05, 3.63) is 0 Å². The van der Waals surface area contributed by atoms with Crippen molar-refractivity contribution in [3.8, 4) is 0 Å². The fraction of sp³-hybridized carbons (Fsp3) is 0.694. The minimum atomic E-state index is -1.79. The van der Waals surface area contributed by atoms with E-state index in [2.05, 4.69) is 44.2 Å². The first kappa shape index (κ1) is 52.4. The van der Waals surface area contributed by atoms with Gasteiger partial charge in [-0.1, -0.05) is 13.8 Å². The predicted octanol–water partition coefficient (Wildman–Crippen LogP) is -5.23. The maximum Gasteiger partial charge on any atom is 0.326 e. The summed E-state index contributed by atoms with van der Waals surface area (Å²) in [6, 6.07) is -11.4. The van der Waals surface area contributed by atoms with Crippen LogP contribution in [0.1, 0.15) is 72.1 Å². The Balaban J connectivity index is 2.30. The number of nitrogens with two attached hydrogens (primary N) is 3. The fourth-order valence-electron chi connectivity index (χ4n) is 6.82. The number of aliphatic carboxylic acids is 3. The number of carboxylic acid groups (broad SMARTS) is 3. The van der Waals surface area contributed by atoms with Gasteiger partial charge in [-0.2, -0.15) is 12.6 Å². The number of guanidine groups is 1. The largest absolute Gasteiger partial charge is 0.481 e. The number of carbonyl (C=O) groups is 10. The van der Waals surface area contributed by atoms with Crippen LogP contribution >= 0.6 is 12.6 Å². The van der Waals surface area contributed by atoms with E-state index in [0.717, 1.165) is 4.90 Å². The van der Waals surface area contributed by atoms with Gasteiger partial charge in [-0.05, 0) is 51.4 Å². The topological polar surface area (TPSA) is 409 Å². The van der Waals surface area contributed by atoms with Crippen molar-refractivity contribution in [2.45, 2.75) is 127 Å². The average molecular weight is 902 g/mol. The maximum atomic E-state index is 14.1. The summed E-state index contributed by atoms with van der Waals surface area (Å²) in [5.74, 6) is -11.7. The normalized spacial score (nSPS) is 19.4. The van der Waals surface area contributed by atoms with E-state index in [0.29, 0.717) is 6.42 Å². The van der Waals surface area contributed by atoms with Crippen molar-refractivity contribution in [1.29, 1.82) is 0 Å². The van der Waals surface area contributed by atoms with Gasteiger partial charge in [-0.15, -0.1) is 0 Å². The van der Waals surface area contributed by atoms with Crippen LogP contribution in [0, 0.1) is 5.92 Å². The number of hydrogen-bond acceptors (Lipinski definition) is 14. The highest BCUT2D eigenvalue weighted by molar-refractivity contribution is 7.80. The number of hydrogen-bond donors (Lipinski definition) is 13. The number of carbonyl (C=O) groups excluding carboxylic acids is 7. The van der Waals surface area contributed by atoms with Crippen LogP contribution < -0.4 is 43.8 Å². The van der Waals surface area contributed by atoms with E-state index < -0.39 is 132 Å². The zero-order valence-electron chi connectivity index (χ0n) is 34.7. The van der Waals surface area contributed by atoms with E-state index in [4.69, 9.17) is 22.3 Å². The maximum absolute atomic E-state index is 14.1. The molecule has 0 aromatic carbocycles. The highest BCUT2D eigenvalue weighted by atomic mass is 32.1. The molecule has 0 bridgehead atoms. The average Bonchev–Trinajstić information content (AvgIpc) is 3.89. The van der Waals surface area contributed by atoms with Crippen LogP contribution in [0.15, 0.2) is 4.99 Å². The van der Waals surface area contributed by atoms with Crippen LogP contribution in [0.4, 0.5) is 0 Å². The minimum absolute atomic E-state index is 0.0165. The van der Waals surface area contributed by atoms with Crippen LogP contribution in [-0.4, -0.2) is 175 Å². The molecule has 25 nitrogen and oxygen atoms in total. The van der Waals surface area contributed by atoms with E-state index in [1.54, 1.807) is 13.8 Å². The van der Waals surface area contributed by atoms with Gasteiger partial charge in [-0.25, -0.2) is 4.79 Å². The van der Waals surface area contributed by atoms with E-state index in [9.17, 15) is 63.3 Å². The highest BCUT2D eigenvalue weighted by Crippen LogP contribution is 2.22. The number of aliphatic hydroxyl groups is 1. The number of amides is 7. The molecule has 7 amide bonds. The Morgan fingerprint density at radius 3 is 1.69 bits per heavy atom. The predicted molar refractivity (Wildman–Crippen MR) is 220 cm³/mol. The van der Waals surface area contributed by atoms with Gasteiger partial charge in [0.05, 0.1) is 25.0 Å². The zero-order chi connectivity index (χ0) is 47.0. The molecule has 62 heavy (non-hydrogen) atoms. The molecule has 2 rings (SSSR count). The van der Waals surface area contributed by atoms with Gasteiger partial charge >= 0.3 is 17.9 Å². The van der Waals surface area contributed by atoms with Crippen molar-refractivity contribution in [1.82, 2.24) is 36.4 Å². The second kappa shape index (κ2) is 24.6. The molecule has 0 aromatic rings. The van der Waals surface area contributed by atoms with Gasteiger partial charge in [0, 0.05) is 25.4 Å². The molecular weight excluding hydrogens is 843 g/mol. The Labute approximate surface area is 362 Å². The fourth-order valence-corrected chi connectivity index (χ4v) is 6.99. The molecule has 15 N–H and O–H groups in total. The van der Waals surface area contributed by atoms with Crippen molar-refractivity contribution >= 4 is 77.8 Å². The molecule has 2 aliphatic rings. The standard InChI is InChI=1S/C36H59N11O14S/c1-16(2)26(32(57)45-27(17(3)48)34(59)47-12-6-8-22(47)30(55)43-21(35(60)61)14-25(51)52)44-31(56)23-9-5-11-46(23)33(58)19(7-4-10-40-36(38)39)41-29(54)20(13-24(49)50)42-28(53)18(37)15-62/h16-23,26-27,48,62H,4-15,37H2,1-3H3,(H,41,54)(H,42,53)(H,43,55)(H,44,56)(H,45,57)(H,49,50)(H,51,52)(H,60,61)(H4,38,39,40)/t17-,18+,19+,20+,21+,22+,23+,26+,27+/m1/s1. The lowest BCUT2D eigenvalue weighted by Crippen LogP contribution is -2.62. The third-order valence-electron chi connectivity index (χ3n) is 10.1. The highest BCUT2D eigenvalue weighted by Gasteiger charge is 2.43. The molecule has 2 aliphatic heterocycles. The molecule has 9 atom stereocenters. The zero-order valence-corrected chi connectivity index (χ0v) is 35.5. The number of nitrogens with one attached hydrogen (secondary N) is 5. The van der Waals surface area contributed by atoms with Gasteiger partial charge < -0.3 is 74.0 Å². The first-order valence-electron chi connectivity index (χ1n) is 19.9. The van der Waals surface area contributed by atoms with Gasteiger partial charge in [-0.3, -0.25) is 48.1 Å². The summed E-state index contributed by atoms with van der Waals surface area (Å²) >= 11 is 3.94. The smallest absolute Gasteiger partial charge is 0.326 e. The third kappa shape index (κ3) is 15.6. The summed E-state index contributed by atoms with van der Waals surface area (Å²) in [6.45, 7) is 4.41. The molecule has 0 unspecified atom stereocenters. The second-order valence-corrected chi connectivity index (χ2v) is 15.7. The lowest BCUT2D eigenvalue weighted by molar-refractivity contribution is -0.149. The van der Waals surface area contributed by atoms with Crippen molar-refractivity contribution in [3.63, 3.8) is 0 Å². The Morgan fingerprint density at radius 2 is 1.21 bits per heavy atom. The van der Waals surface area contributed by atoms with Gasteiger partial charge in [0.15, 0.2) is 5.96 Å². The van der Waals surface area contributed by atoms with E-state index in [-0.39, 0.29) is 63.5 Å². The lowest BCUT2D eigenvalue weighted by atomic mass is 10.0. The second-order valence-electron chi connectivity index (χ2n) is 15.3. The van der Waals surface area contributed by atoms with Crippen LogP contribution in [0.2, 0.25) is 0 Å². The third-order valence-corrected chi connectivity index (χ3v) is 10.5. The van der Waals surface area contributed by atoms with Crippen LogP contribution in [0.3, 0.4) is 0 Å². The number of likely N-dealkylation sites (tertiary alicyclic amines) is 2. The molecule has 26 heteroatoms. The summed E-state index contributed by atoms with van der Waals surface area (Å²) in [5.41, 5.74) is 16.5. The number of aliphatic imine (C=N–C) groups is 1. The summed E-state index contributed by atoms with van der Waals surface area (Å²) < 4.78 is 0. The quantitative estimate of drug-likeness (QED) is 0.0186. The summed E-state index contributed by atoms with van der Waals surface area (Å²) in [7, 11) is 0. The van der Waals surface area contributed by atoms with Crippen molar-refractivity contribution in [2.24, 2.45) is 28.1 Å². The molecule has 2 fully saturated rings. The first-order valence-corrected chi connectivity index (χ1v) is 20.5. The van der Waals surface area contributed by atoms with Crippen LogP contribution in [-0.2, 0) is 47.9 Å². The molecule has 0 saturated carbocycles. The SMILES string of the molecule is CC(C)[C@H](NC(=O)[C@@H]1CCCN1C(=O)[C@H](CCCN=C(N)N)NC(=O)[C@H](CC(=O)O)NC(=O)[C@@H](N)CS)C(=O)N[C@H](C(=O)N1CCC[C@H]1C(=O)N[C@@H](CC(=O)O)C(=O)O)[C@@H](C)O. The molecule has 0 spiro atoms. The monoisotopic (exact) mass is 901 g/mol.